The Morgan fingerprint density at radius 1 is 1.04 bits per heavy atom. The normalized spacial score (nSPS) is 17.5. The quantitative estimate of drug-likeness (QED) is 0.689. The molecule has 5 nitrogen and oxygen atoms in total. The number of carbonyl (C=O) groups is 1. The standard InChI is InChI=1S/C22H25NO4S/c1-18(20-10-6-3-7-11-20)27-22(24)21-12-15-23(16-13-21)28(25,26)17-14-19-8-4-2-5-9-19/h2-11,14,17-18,21H,12-13,15-16H2,1H3/b17-14+/t18-/m1/s1. The topological polar surface area (TPSA) is 63.7 Å². The Balaban J connectivity index is 1.53. The maximum Gasteiger partial charge on any atom is 0.309 e. The highest BCUT2D eigenvalue weighted by molar-refractivity contribution is 7.92. The van der Waals surface area contributed by atoms with Crippen molar-refractivity contribution in [3.05, 3.63) is 77.2 Å². The van der Waals surface area contributed by atoms with E-state index < -0.39 is 10.0 Å². The van der Waals surface area contributed by atoms with Crippen molar-refractivity contribution in [2.75, 3.05) is 13.1 Å². The van der Waals surface area contributed by atoms with Gasteiger partial charge in [0.2, 0.25) is 10.0 Å². The molecule has 0 aliphatic carbocycles. The van der Waals surface area contributed by atoms with Crippen molar-refractivity contribution in [3.8, 4) is 0 Å². The van der Waals surface area contributed by atoms with Gasteiger partial charge >= 0.3 is 5.97 Å². The average molecular weight is 400 g/mol. The molecule has 1 saturated heterocycles. The Labute approximate surface area is 166 Å². The molecule has 1 heterocycles. The van der Waals surface area contributed by atoms with Crippen LogP contribution < -0.4 is 0 Å². The summed E-state index contributed by atoms with van der Waals surface area (Å²) >= 11 is 0. The number of rotatable bonds is 6. The summed E-state index contributed by atoms with van der Waals surface area (Å²) in [5.41, 5.74) is 1.78. The van der Waals surface area contributed by atoms with E-state index in [1.165, 1.54) is 9.71 Å². The molecule has 6 heteroatoms. The summed E-state index contributed by atoms with van der Waals surface area (Å²) in [6.45, 7) is 2.49. The van der Waals surface area contributed by atoms with Crippen molar-refractivity contribution in [1.29, 1.82) is 0 Å². The molecule has 1 atom stereocenters. The fraction of sp³-hybridized carbons (Fsp3) is 0.318. The Kier molecular flexibility index (Phi) is 6.65. The lowest BCUT2D eigenvalue weighted by Gasteiger charge is -2.29. The molecule has 0 N–H and O–H groups in total. The minimum atomic E-state index is -3.50. The van der Waals surface area contributed by atoms with Crippen molar-refractivity contribution in [1.82, 2.24) is 4.31 Å². The van der Waals surface area contributed by atoms with Crippen molar-refractivity contribution < 1.29 is 17.9 Å². The summed E-state index contributed by atoms with van der Waals surface area (Å²) in [6, 6.07) is 18.9. The van der Waals surface area contributed by atoms with Gasteiger partial charge in [-0.05, 0) is 37.0 Å². The molecule has 0 unspecified atom stereocenters. The van der Waals surface area contributed by atoms with Crippen LogP contribution in [-0.2, 0) is 19.6 Å². The SMILES string of the molecule is C[C@@H](OC(=O)C1CCN(S(=O)(=O)/C=C/c2ccccc2)CC1)c1ccccc1. The largest absolute Gasteiger partial charge is 0.458 e. The molecular weight excluding hydrogens is 374 g/mol. The predicted molar refractivity (Wildman–Crippen MR) is 110 cm³/mol. The van der Waals surface area contributed by atoms with Crippen LogP contribution in [-0.4, -0.2) is 31.8 Å². The summed E-state index contributed by atoms with van der Waals surface area (Å²) in [7, 11) is -3.50. The molecule has 1 fully saturated rings. The van der Waals surface area contributed by atoms with Gasteiger partial charge in [-0.25, -0.2) is 8.42 Å². The van der Waals surface area contributed by atoms with Crippen LogP contribution in [0.15, 0.2) is 66.1 Å². The van der Waals surface area contributed by atoms with Gasteiger partial charge in [-0.15, -0.1) is 0 Å². The second-order valence-corrected chi connectivity index (χ2v) is 8.74. The van der Waals surface area contributed by atoms with Crippen molar-refractivity contribution in [2.45, 2.75) is 25.9 Å². The molecule has 2 aromatic rings. The van der Waals surface area contributed by atoms with Crippen LogP contribution >= 0.6 is 0 Å². The Bertz CT molecular complexity index is 902. The van der Waals surface area contributed by atoms with E-state index in [-0.39, 0.29) is 18.0 Å². The molecular formula is C22H25NO4S. The van der Waals surface area contributed by atoms with E-state index in [1.807, 2.05) is 67.6 Å². The highest BCUT2D eigenvalue weighted by Crippen LogP contribution is 2.25. The first-order valence-corrected chi connectivity index (χ1v) is 10.9. The van der Waals surface area contributed by atoms with Crippen LogP contribution in [0, 0.1) is 5.92 Å². The summed E-state index contributed by atoms with van der Waals surface area (Å²) in [5, 5.41) is 1.23. The number of benzene rings is 2. The number of ether oxygens (including phenoxy) is 1. The van der Waals surface area contributed by atoms with Crippen molar-refractivity contribution >= 4 is 22.1 Å². The summed E-state index contributed by atoms with van der Waals surface area (Å²) in [4.78, 5) is 12.4. The number of nitrogens with zero attached hydrogens (tertiary/aromatic N) is 1. The molecule has 0 amide bonds. The van der Waals surface area contributed by atoms with E-state index in [0.29, 0.717) is 25.9 Å². The summed E-state index contributed by atoms with van der Waals surface area (Å²) in [5.74, 6) is -0.524. The van der Waals surface area contributed by atoms with E-state index in [9.17, 15) is 13.2 Å². The van der Waals surface area contributed by atoms with Gasteiger partial charge in [0, 0.05) is 18.5 Å². The molecule has 1 aliphatic heterocycles. The number of sulfonamides is 1. The van der Waals surface area contributed by atoms with E-state index >= 15 is 0 Å². The first-order chi connectivity index (χ1) is 13.5. The first kappa shape index (κ1) is 20.3. The van der Waals surface area contributed by atoms with Gasteiger partial charge in [0.25, 0.3) is 0 Å². The van der Waals surface area contributed by atoms with Crippen LogP contribution in [0.2, 0.25) is 0 Å². The lowest BCUT2D eigenvalue weighted by molar-refractivity contribution is -0.154. The molecule has 0 radical (unpaired) electrons. The predicted octanol–water partition coefficient (Wildman–Crippen LogP) is 4.00. The molecule has 0 spiro atoms. The molecule has 0 saturated carbocycles. The third-order valence-corrected chi connectivity index (χ3v) is 6.51. The second kappa shape index (κ2) is 9.17. The van der Waals surface area contributed by atoms with Crippen LogP contribution in [0.4, 0.5) is 0 Å². The lowest BCUT2D eigenvalue weighted by Crippen LogP contribution is -2.39. The maximum atomic E-state index is 12.5. The third kappa shape index (κ3) is 5.30. The molecule has 0 aromatic heterocycles. The van der Waals surface area contributed by atoms with E-state index in [4.69, 9.17) is 4.74 Å². The molecule has 3 rings (SSSR count). The van der Waals surface area contributed by atoms with Crippen LogP contribution in [0.5, 0.6) is 0 Å². The lowest BCUT2D eigenvalue weighted by atomic mass is 9.98. The van der Waals surface area contributed by atoms with Gasteiger partial charge < -0.3 is 4.74 Å². The number of hydrogen-bond donors (Lipinski definition) is 0. The smallest absolute Gasteiger partial charge is 0.309 e. The van der Waals surface area contributed by atoms with Crippen LogP contribution in [0.3, 0.4) is 0 Å². The fourth-order valence-corrected chi connectivity index (χ4v) is 4.44. The molecule has 148 valence electrons. The zero-order chi connectivity index (χ0) is 20.0. The number of esters is 1. The zero-order valence-corrected chi connectivity index (χ0v) is 16.7. The van der Waals surface area contributed by atoms with Crippen molar-refractivity contribution in [2.24, 2.45) is 5.92 Å². The van der Waals surface area contributed by atoms with Gasteiger partial charge in [0.15, 0.2) is 0 Å². The Morgan fingerprint density at radius 2 is 1.61 bits per heavy atom. The molecule has 0 bridgehead atoms. The summed E-state index contributed by atoms with van der Waals surface area (Å²) in [6.07, 6.45) is 2.22. The minimum Gasteiger partial charge on any atom is -0.458 e. The van der Waals surface area contributed by atoms with Gasteiger partial charge in [-0.2, -0.15) is 4.31 Å². The highest BCUT2D eigenvalue weighted by atomic mass is 32.2. The number of carbonyl (C=O) groups excluding carboxylic acids is 1. The van der Waals surface area contributed by atoms with Gasteiger partial charge in [0.05, 0.1) is 5.92 Å². The second-order valence-electron chi connectivity index (χ2n) is 6.92. The minimum absolute atomic E-state index is 0.256. The maximum absolute atomic E-state index is 12.5. The van der Waals surface area contributed by atoms with E-state index in [2.05, 4.69) is 0 Å². The Morgan fingerprint density at radius 3 is 2.21 bits per heavy atom. The molecule has 1 aliphatic rings. The fourth-order valence-electron chi connectivity index (χ4n) is 3.22. The summed E-state index contributed by atoms with van der Waals surface area (Å²) < 4.78 is 32.1. The van der Waals surface area contributed by atoms with Crippen LogP contribution in [0.1, 0.15) is 37.0 Å². The van der Waals surface area contributed by atoms with Gasteiger partial charge in [-0.1, -0.05) is 60.7 Å². The van der Waals surface area contributed by atoms with E-state index in [0.717, 1.165) is 11.1 Å². The van der Waals surface area contributed by atoms with Crippen LogP contribution in [0.25, 0.3) is 6.08 Å². The number of hydrogen-bond acceptors (Lipinski definition) is 4. The van der Waals surface area contributed by atoms with Crippen molar-refractivity contribution in [3.63, 3.8) is 0 Å². The number of piperidine rings is 1. The monoisotopic (exact) mass is 399 g/mol. The Hall–Kier alpha value is -2.44. The average Bonchev–Trinajstić information content (AvgIpc) is 2.74. The highest BCUT2D eigenvalue weighted by Gasteiger charge is 2.31. The van der Waals surface area contributed by atoms with E-state index in [1.54, 1.807) is 6.08 Å². The first-order valence-electron chi connectivity index (χ1n) is 9.44. The molecule has 2 aromatic carbocycles. The van der Waals surface area contributed by atoms with Gasteiger partial charge in [-0.3, -0.25) is 4.79 Å². The van der Waals surface area contributed by atoms with Gasteiger partial charge in [0.1, 0.15) is 6.10 Å². The third-order valence-electron chi connectivity index (χ3n) is 4.94. The molecule has 28 heavy (non-hydrogen) atoms. The zero-order valence-electron chi connectivity index (χ0n) is 15.9.